The molecule has 1 aromatic rings. The van der Waals surface area contributed by atoms with Crippen LogP contribution in [-0.2, 0) is 4.79 Å². The molecule has 2 amide bonds. The van der Waals surface area contributed by atoms with Crippen molar-refractivity contribution in [2.75, 3.05) is 6.54 Å². The van der Waals surface area contributed by atoms with Crippen LogP contribution in [0.25, 0.3) is 0 Å². The van der Waals surface area contributed by atoms with Crippen molar-refractivity contribution < 1.29 is 19.5 Å². The molecule has 0 bridgehead atoms. The van der Waals surface area contributed by atoms with Gasteiger partial charge < -0.3 is 15.7 Å². The molecule has 3 N–H and O–H groups in total. The first kappa shape index (κ1) is 15.0. The van der Waals surface area contributed by atoms with E-state index in [2.05, 4.69) is 0 Å². The molecule has 1 aromatic carbocycles. The summed E-state index contributed by atoms with van der Waals surface area (Å²) in [5, 5.41) is 9.44. The molecule has 0 radical (unpaired) electrons. The predicted molar refractivity (Wildman–Crippen MR) is 75.9 cm³/mol. The summed E-state index contributed by atoms with van der Waals surface area (Å²) < 4.78 is 0. The minimum Gasteiger partial charge on any atom is -0.480 e. The zero-order chi connectivity index (χ0) is 15.6. The molecule has 1 saturated heterocycles. The quantitative estimate of drug-likeness (QED) is 0.874. The van der Waals surface area contributed by atoms with Crippen LogP contribution in [0.3, 0.4) is 0 Å². The maximum absolute atomic E-state index is 12.6. The van der Waals surface area contributed by atoms with E-state index >= 15 is 0 Å². The maximum Gasteiger partial charge on any atom is 0.329 e. The fraction of sp³-hybridized carbons (Fsp3) is 0.400. The minimum atomic E-state index is -1.21. The number of likely N-dealkylation sites (tertiary alicyclic amines) is 1. The van der Waals surface area contributed by atoms with E-state index in [1.54, 1.807) is 19.1 Å². The first-order valence-corrected chi connectivity index (χ1v) is 6.81. The van der Waals surface area contributed by atoms with E-state index in [0.717, 1.165) is 12.8 Å². The summed E-state index contributed by atoms with van der Waals surface area (Å²) in [6.45, 7) is 1.95. The smallest absolute Gasteiger partial charge is 0.329 e. The summed E-state index contributed by atoms with van der Waals surface area (Å²) in [7, 11) is 0. The number of nitrogens with zero attached hydrogens (tertiary/aromatic N) is 1. The molecule has 0 aliphatic carbocycles. The lowest BCUT2D eigenvalue weighted by Crippen LogP contribution is -2.57. The Hall–Kier alpha value is -2.37. The number of benzene rings is 1. The maximum atomic E-state index is 12.6. The molecular formula is C15H18N2O4. The first-order valence-electron chi connectivity index (χ1n) is 6.81. The van der Waals surface area contributed by atoms with Gasteiger partial charge in [-0.2, -0.15) is 0 Å². The van der Waals surface area contributed by atoms with Crippen molar-refractivity contribution in [3.05, 3.63) is 35.4 Å². The van der Waals surface area contributed by atoms with E-state index in [4.69, 9.17) is 5.73 Å². The average molecular weight is 290 g/mol. The summed E-state index contributed by atoms with van der Waals surface area (Å²) in [5.74, 6) is -2.02. The standard InChI is InChI=1S/C15H18N2O4/c1-15(14(20)21)7-2-3-8-17(15)13(19)11-6-4-5-10(9-11)12(16)18/h4-6,9H,2-3,7-8H2,1H3,(H2,16,18)(H,20,21). The number of carbonyl (C=O) groups is 3. The summed E-state index contributed by atoms with van der Waals surface area (Å²) in [6, 6.07) is 6.05. The number of primary amides is 1. The number of carboxylic acid groups (broad SMARTS) is 1. The Morgan fingerprint density at radius 1 is 1.24 bits per heavy atom. The third kappa shape index (κ3) is 2.74. The molecule has 112 valence electrons. The number of amides is 2. The highest BCUT2D eigenvalue weighted by atomic mass is 16.4. The van der Waals surface area contributed by atoms with Crippen molar-refractivity contribution in [3.63, 3.8) is 0 Å². The molecule has 2 rings (SSSR count). The molecule has 0 spiro atoms. The lowest BCUT2D eigenvalue weighted by molar-refractivity contribution is -0.150. The minimum absolute atomic E-state index is 0.231. The van der Waals surface area contributed by atoms with Gasteiger partial charge >= 0.3 is 5.97 Å². The number of rotatable bonds is 3. The van der Waals surface area contributed by atoms with Crippen LogP contribution in [0.15, 0.2) is 24.3 Å². The Labute approximate surface area is 122 Å². The second-order valence-corrected chi connectivity index (χ2v) is 5.44. The molecule has 1 atom stereocenters. The van der Waals surface area contributed by atoms with Gasteiger partial charge in [0.2, 0.25) is 5.91 Å². The van der Waals surface area contributed by atoms with Crippen LogP contribution in [0.2, 0.25) is 0 Å². The van der Waals surface area contributed by atoms with E-state index in [-0.39, 0.29) is 17.0 Å². The predicted octanol–water partition coefficient (Wildman–Crippen LogP) is 1.25. The van der Waals surface area contributed by atoms with Crippen molar-refractivity contribution >= 4 is 17.8 Å². The topological polar surface area (TPSA) is 101 Å². The van der Waals surface area contributed by atoms with Gasteiger partial charge in [0.05, 0.1) is 0 Å². The lowest BCUT2D eigenvalue weighted by Gasteiger charge is -2.41. The van der Waals surface area contributed by atoms with Gasteiger partial charge in [-0.1, -0.05) is 6.07 Å². The SMILES string of the molecule is CC1(C(=O)O)CCCCN1C(=O)c1cccc(C(N)=O)c1. The third-order valence-electron chi connectivity index (χ3n) is 3.99. The molecule has 1 heterocycles. The van der Waals surface area contributed by atoms with Gasteiger partial charge in [-0.25, -0.2) is 4.79 Å². The molecule has 0 aromatic heterocycles. The third-order valence-corrected chi connectivity index (χ3v) is 3.99. The van der Waals surface area contributed by atoms with Gasteiger partial charge in [0.1, 0.15) is 5.54 Å². The van der Waals surface area contributed by atoms with Crippen molar-refractivity contribution in [2.45, 2.75) is 31.7 Å². The van der Waals surface area contributed by atoms with Crippen LogP contribution in [0.1, 0.15) is 46.9 Å². The first-order chi connectivity index (χ1) is 9.86. The van der Waals surface area contributed by atoms with Crippen molar-refractivity contribution in [2.24, 2.45) is 5.73 Å². The second kappa shape index (κ2) is 5.55. The van der Waals surface area contributed by atoms with Crippen LogP contribution in [-0.4, -0.2) is 39.9 Å². The van der Waals surface area contributed by atoms with Crippen LogP contribution >= 0.6 is 0 Å². The van der Waals surface area contributed by atoms with E-state index < -0.39 is 17.4 Å². The number of aliphatic carboxylic acids is 1. The van der Waals surface area contributed by atoms with Crippen molar-refractivity contribution in [3.8, 4) is 0 Å². The molecule has 1 aliphatic heterocycles. The summed E-state index contributed by atoms with van der Waals surface area (Å²) >= 11 is 0. The van der Waals surface area contributed by atoms with Gasteiger partial charge in [0.15, 0.2) is 0 Å². The van der Waals surface area contributed by atoms with E-state index in [9.17, 15) is 19.5 Å². The molecule has 6 nitrogen and oxygen atoms in total. The van der Waals surface area contributed by atoms with Crippen LogP contribution in [0.5, 0.6) is 0 Å². The van der Waals surface area contributed by atoms with Gasteiger partial charge in [-0.3, -0.25) is 9.59 Å². The lowest BCUT2D eigenvalue weighted by atomic mass is 9.87. The number of hydrogen-bond donors (Lipinski definition) is 2. The Balaban J connectivity index is 2.35. The number of carbonyl (C=O) groups excluding carboxylic acids is 2. The van der Waals surface area contributed by atoms with E-state index in [0.29, 0.717) is 13.0 Å². The van der Waals surface area contributed by atoms with Crippen LogP contribution < -0.4 is 5.73 Å². The van der Waals surface area contributed by atoms with Gasteiger partial charge in [-0.15, -0.1) is 0 Å². The number of nitrogens with two attached hydrogens (primary N) is 1. The van der Waals surface area contributed by atoms with Gasteiger partial charge in [-0.05, 0) is 44.4 Å². The Morgan fingerprint density at radius 2 is 1.90 bits per heavy atom. The highest BCUT2D eigenvalue weighted by molar-refractivity contribution is 6.01. The molecular weight excluding hydrogens is 272 g/mol. The summed E-state index contributed by atoms with van der Waals surface area (Å²) in [6.07, 6.45) is 1.96. The zero-order valence-corrected chi connectivity index (χ0v) is 11.8. The summed E-state index contributed by atoms with van der Waals surface area (Å²) in [5.41, 5.74) is 4.50. The van der Waals surface area contributed by atoms with E-state index in [1.807, 2.05) is 0 Å². The normalized spacial score (nSPS) is 21.9. The fourth-order valence-electron chi connectivity index (χ4n) is 2.63. The summed E-state index contributed by atoms with van der Waals surface area (Å²) in [4.78, 5) is 36.7. The van der Waals surface area contributed by atoms with E-state index in [1.165, 1.54) is 17.0 Å². The molecule has 6 heteroatoms. The zero-order valence-electron chi connectivity index (χ0n) is 11.8. The molecule has 1 aliphatic rings. The Morgan fingerprint density at radius 3 is 2.52 bits per heavy atom. The van der Waals surface area contributed by atoms with Crippen LogP contribution in [0, 0.1) is 0 Å². The highest BCUT2D eigenvalue weighted by Gasteiger charge is 2.44. The monoisotopic (exact) mass is 290 g/mol. The largest absolute Gasteiger partial charge is 0.480 e. The number of hydrogen-bond acceptors (Lipinski definition) is 3. The average Bonchev–Trinajstić information content (AvgIpc) is 2.47. The molecule has 1 fully saturated rings. The number of piperidine rings is 1. The van der Waals surface area contributed by atoms with Crippen LogP contribution in [0.4, 0.5) is 0 Å². The number of carboxylic acids is 1. The van der Waals surface area contributed by atoms with Crippen molar-refractivity contribution in [1.29, 1.82) is 0 Å². The molecule has 21 heavy (non-hydrogen) atoms. The van der Waals surface area contributed by atoms with Crippen molar-refractivity contribution in [1.82, 2.24) is 4.90 Å². The molecule has 0 saturated carbocycles. The highest BCUT2D eigenvalue weighted by Crippen LogP contribution is 2.29. The second-order valence-electron chi connectivity index (χ2n) is 5.44. The Kier molecular flexibility index (Phi) is 3.97. The van der Waals surface area contributed by atoms with Gasteiger partial charge in [0, 0.05) is 17.7 Å². The molecule has 1 unspecified atom stereocenters. The van der Waals surface area contributed by atoms with Gasteiger partial charge in [0.25, 0.3) is 5.91 Å². The Bertz CT molecular complexity index is 599. The fourth-order valence-corrected chi connectivity index (χ4v) is 2.63.